The van der Waals surface area contributed by atoms with E-state index in [1.165, 1.54) is 12.1 Å². The minimum Gasteiger partial charge on any atom is -0.384 e. The summed E-state index contributed by atoms with van der Waals surface area (Å²) in [6.45, 7) is 16.6. The van der Waals surface area contributed by atoms with Crippen LogP contribution in [0.15, 0.2) is 102 Å². The number of hydrogen-bond donors (Lipinski definition) is 3. The molecule has 288 valence electrons. The van der Waals surface area contributed by atoms with Gasteiger partial charge in [-0.15, -0.1) is 16.4 Å². The highest BCUT2D eigenvalue weighted by Gasteiger charge is 2.11. The van der Waals surface area contributed by atoms with Crippen LogP contribution in [-0.2, 0) is 0 Å². The molecule has 0 aliphatic carbocycles. The van der Waals surface area contributed by atoms with Crippen LogP contribution in [0.2, 0.25) is 0 Å². The van der Waals surface area contributed by atoms with Crippen LogP contribution < -0.4 is 17.2 Å². The van der Waals surface area contributed by atoms with Crippen molar-refractivity contribution in [3.05, 3.63) is 108 Å². The third-order valence-corrected chi connectivity index (χ3v) is 9.31. The first-order valence-electron chi connectivity index (χ1n) is 18.3. The fraction of sp³-hybridized carbons (Fsp3) is 0.293. The molecule has 14 heteroatoms. The summed E-state index contributed by atoms with van der Waals surface area (Å²) < 4.78 is 20.2. The number of halogens is 1. The van der Waals surface area contributed by atoms with Crippen molar-refractivity contribution in [3.8, 4) is 21.8 Å². The minimum absolute atomic E-state index is 0.217. The molecule has 0 aliphatic rings. The monoisotopic (exact) mass is 762 g/mol. The Balaban J connectivity index is 0.000000141. The third kappa shape index (κ3) is 9.75. The molecule has 0 saturated heterocycles. The standard InChI is InChI=1S/C12H14FN3.C10H13N3S.C10H13N3.C9H11N3/c1-8(2)16-12(14)7-11(15-16)9-3-5-10(13)6-4-9;1-7(2)13-10(11)6-8(12-13)9-4-3-5-14-9;1-7(2)13-9-6-4-3-5-8(9)10(11)12-13;1-7(2)12-9-6-4-3-5-8(9)10-11-12/h3-8H,14H2,1-2H3;3-7H,11H2,1-2H3;3-7H,1-2H3,(H2,11,12);3-7H,1-2H3. The fourth-order valence-electron chi connectivity index (χ4n) is 5.73. The molecule has 55 heavy (non-hydrogen) atoms. The lowest BCUT2D eigenvalue weighted by atomic mass is 10.1. The summed E-state index contributed by atoms with van der Waals surface area (Å²) in [6, 6.07) is 31.3. The lowest BCUT2D eigenvalue weighted by Crippen LogP contribution is -2.06. The predicted octanol–water partition coefficient (Wildman–Crippen LogP) is 9.84. The first-order valence-corrected chi connectivity index (χ1v) is 19.2. The van der Waals surface area contributed by atoms with Gasteiger partial charge in [-0.3, -0.25) is 4.68 Å². The Kier molecular flexibility index (Phi) is 13.1. The number of nitrogens with two attached hydrogens (primary N) is 3. The van der Waals surface area contributed by atoms with Crippen molar-refractivity contribution in [2.75, 3.05) is 17.2 Å². The smallest absolute Gasteiger partial charge is 0.153 e. The summed E-state index contributed by atoms with van der Waals surface area (Å²) in [5.74, 6) is 1.71. The van der Waals surface area contributed by atoms with E-state index >= 15 is 0 Å². The summed E-state index contributed by atoms with van der Waals surface area (Å²) in [5, 5.41) is 24.3. The van der Waals surface area contributed by atoms with Gasteiger partial charge in [-0.1, -0.05) is 35.5 Å². The molecule has 8 rings (SSSR count). The highest BCUT2D eigenvalue weighted by Crippen LogP contribution is 2.27. The lowest BCUT2D eigenvalue weighted by Gasteiger charge is -2.06. The van der Waals surface area contributed by atoms with Gasteiger partial charge in [0, 0.05) is 47.2 Å². The van der Waals surface area contributed by atoms with E-state index in [1.54, 1.807) is 34.2 Å². The molecule has 0 amide bonds. The van der Waals surface area contributed by atoms with E-state index < -0.39 is 0 Å². The second-order valence-corrected chi connectivity index (χ2v) is 15.0. The Hall–Kier alpha value is -6.02. The Morgan fingerprint density at radius 3 is 1.67 bits per heavy atom. The maximum absolute atomic E-state index is 12.8. The maximum atomic E-state index is 12.8. The van der Waals surface area contributed by atoms with Gasteiger partial charge < -0.3 is 17.2 Å². The molecule has 0 spiro atoms. The molecule has 0 aliphatic heterocycles. The molecule has 6 N–H and O–H groups in total. The molecule has 12 nitrogen and oxygen atoms in total. The first-order chi connectivity index (χ1) is 26.2. The van der Waals surface area contributed by atoms with Gasteiger partial charge in [-0.05, 0) is 115 Å². The number of thiophene rings is 1. The first kappa shape index (κ1) is 40.2. The Morgan fingerprint density at radius 2 is 1.11 bits per heavy atom. The number of para-hydroxylation sites is 2. The van der Waals surface area contributed by atoms with Gasteiger partial charge in [0.15, 0.2) is 5.82 Å². The number of fused-ring (bicyclic) bond motifs is 2. The summed E-state index contributed by atoms with van der Waals surface area (Å²) in [7, 11) is 0. The van der Waals surface area contributed by atoms with E-state index in [4.69, 9.17) is 17.2 Å². The Morgan fingerprint density at radius 1 is 0.564 bits per heavy atom. The van der Waals surface area contributed by atoms with Gasteiger partial charge in [0.2, 0.25) is 0 Å². The molecule has 5 heterocycles. The molecular formula is C41H51FN12S. The molecule has 5 aromatic heterocycles. The van der Waals surface area contributed by atoms with Crippen molar-refractivity contribution in [3.63, 3.8) is 0 Å². The van der Waals surface area contributed by atoms with Crippen molar-refractivity contribution in [1.29, 1.82) is 0 Å². The van der Waals surface area contributed by atoms with E-state index in [9.17, 15) is 4.39 Å². The highest BCUT2D eigenvalue weighted by molar-refractivity contribution is 7.13. The average molecular weight is 763 g/mol. The summed E-state index contributed by atoms with van der Waals surface area (Å²) in [5.41, 5.74) is 23.2. The quantitative estimate of drug-likeness (QED) is 0.151. The average Bonchev–Trinajstić information content (AvgIpc) is 4.00. The zero-order valence-electron chi connectivity index (χ0n) is 32.7. The molecule has 0 saturated carbocycles. The molecule has 3 aromatic carbocycles. The van der Waals surface area contributed by atoms with E-state index in [0.717, 1.165) is 49.6 Å². The SMILES string of the molecule is CC(C)n1nc(-c2ccc(F)cc2)cc1N.CC(C)n1nc(-c2cccs2)cc1N.CC(C)n1nc(N)c2ccccc21.CC(C)n1nnc2ccccc21. The number of benzene rings is 3. The number of nitrogens with zero attached hydrogens (tertiary/aromatic N) is 9. The second-order valence-electron chi connectivity index (χ2n) is 14.0. The number of aromatic nitrogens is 9. The second kappa shape index (κ2) is 17.9. The molecule has 0 unspecified atom stereocenters. The van der Waals surface area contributed by atoms with Gasteiger partial charge in [-0.2, -0.15) is 15.3 Å². The normalized spacial score (nSPS) is 11.1. The van der Waals surface area contributed by atoms with E-state index in [1.807, 2.05) is 93.9 Å². The third-order valence-electron chi connectivity index (χ3n) is 8.42. The van der Waals surface area contributed by atoms with Crippen molar-refractivity contribution < 1.29 is 4.39 Å². The Labute approximate surface area is 325 Å². The largest absolute Gasteiger partial charge is 0.384 e. The fourth-order valence-corrected chi connectivity index (χ4v) is 6.41. The maximum Gasteiger partial charge on any atom is 0.153 e. The van der Waals surface area contributed by atoms with Crippen molar-refractivity contribution in [2.45, 2.75) is 79.6 Å². The van der Waals surface area contributed by atoms with Gasteiger partial charge in [0.05, 0.1) is 21.6 Å². The van der Waals surface area contributed by atoms with Crippen molar-refractivity contribution >= 4 is 50.7 Å². The zero-order valence-corrected chi connectivity index (χ0v) is 33.5. The van der Waals surface area contributed by atoms with Crippen LogP contribution in [0.4, 0.5) is 21.8 Å². The molecular weight excluding hydrogens is 712 g/mol. The number of hydrogen-bond acceptors (Lipinski definition) is 9. The zero-order chi connectivity index (χ0) is 39.8. The topological polar surface area (TPSA) is 162 Å². The van der Waals surface area contributed by atoms with Crippen LogP contribution in [0.1, 0.15) is 79.6 Å². The van der Waals surface area contributed by atoms with E-state index in [-0.39, 0.29) is 11.9 Å². The summed E-state index contributed by atoms with van der Waals surface area (Å²) in [6.07, 6.45) is 0. The predicted molar refractivity (Wildman–Crippen MR) is 225 cm³/mol. The molecule has 0 atom stereocenters. The van der Waals surface area contributed by atoms with Crippen LogP contribution in [-0.4, -0.2) is 44.3 Å². The molecule has 0 radical (unpaired) electrons. The van der Waals surface area contributed by atoms with Gasteiger partial charge in [0.25, 0.3) is 0 Å². The van der Waals surface area contributed by atoms with Crippen LogP contribution in [0.25, 0.3) is 43.8 Å². The number of nitrogen functional groups attached to an aromatic ring is 3. The highest BCUT2D eigenvalue weighted by atomic mass is 32.1. The number of anilines is 3. The lowest BCUT2D eigenvalue weighted by molar-refractivity contribution is 0.530. The van der Waals surface area contributed by atoms with Crippen molar-refractivity contribution in [2.24, 2.45) is 0 Å². The van der Waals surface area contributed by atoms with Crippen LogP contribution >= 0.6 is 11.3 Å². The molecule has 0 bridgehead atoms. The molecule has 0 fully saturated rings. The summed E-state index contributed by atoms with van der Waals surface area (Å²) >= 11 is 1.68. The van der Waals surface area contributed by atoms with E-state index in [2.05, 4.69) is 73.2 Å². The summed E-state index contributed by atoms with van der Waals surface area (Å²) in [4.78, 5) is 1.16. The molecule has 8 aromatic rings. The minimum atomic E-state index is -0.250. The van der Waals surface area contributed by atoms with Gasteiger partial charge >= 0.3 is 0 Å². The Bertz CT molecular complexity index is 2400. The van der Waals surface area contributed by atoms with Gasteiger partial charge in [0.1, 0.15) is 28.7 Å². The van der Waals surface area contributed by atoms with Crippen LogP contribution in [0, 0.1) is 5.82 Å². The van der Waals surface area contributed by atoms with Crippen molar-refractivity contribution in [1.82, 2.24) is 44.3 Å². The van der Waals surface area contributed by atoms with E-state index in [0.29, 0.717) is 29.8 Å². The van der Waals surface area contributed by atoms with Crippen LogP contribution in [0.3, 0.4) is 0 Å². The van der Waals surface area contributed by atoms with Crippen LogP contribution in [0.5, 0.6) is 0 Å². The number of rotatable bonds is 6. The van der Waals surface area contributed by atoms with Gasteiger partial charge in [-0.25, -0.2) is 18.4 Å².